The van der Waals surface area contributed by atoms with Gasteiger partial charge in [0, 0.05) is 25.8 Å². The van der Waals surface area contributed by atoms with Crippen LogP contribution in [0.25, 0.3) is 11.0 Å². The van der Waals surface area contributed by atoms with E-state index in [1.54, 1.807) is 12.1 Å². The van der Waals surface area contributed by atoms with Crippen LogP contribution in [0.4, 0.5) is 0 Å². The maximum Gasteiger partial charge on any atom is 0.175 e. The van der Waals surface area contributed by atoms with E-state index in [-0.39, 0.29) is 0 Å². The van der Waals surface area contributed by atoms with E-state index < -0.39 is 9.84 Å². The minimum atomic E-state index is -3.19. The molecule has 2 aromatic rings. The van der Waals surface area contributed by atoms with Crippen LogP contribution in [-0.4, -0.2) is 37.3 Å². The number of fused-ring (bicyclic) bond motifs is 1. The molecule has 1 saturated heterocycles. The number of hydrogen-bond donors (Lipinski definition) is 1. The predicted octanol–water partition coefficient (Wildman–Crippen LogP) is 1.30. The zero-order valence-electron chi connectivity index (χ0n) is 11.9. The van der Waals surface area contributed by atoms with Crippen LogP contribution in [0, 0.1) is 5.92 Å². The summed E-state index contributed by atoms with van der Waals surface area (Å²) in [5.41, 5.74) is 1.73. The third-order valence-corrected chi connectivity index (χ3v) is 5.27. The van der Waals surface area contributed by atoms with Crippen LogP contribution >= 0.6 is 0 Å². The molecule has 6 heteroatoms. The highest BCUT2D eigenvalue weighted by molar-refractivity contribution is 7.90. The van der Waals surface area contributed by atoms with Crippen molar-refractivity contribution in [1.82, 2.24) is 14.9 Å². The van der Waals surface area contributed by atoms with Gasteiger partial charge in [0.05, 0.1) is 15.9 Å². The summed E-state index contributed by atoms with van der Waals surface area (Å²) < 4.78 is 25.3. The Balaban J connectivity index is 2.14. The molecule has 5 nitrogen and oxygen atoms in total. The summed E-state index contributed by atoms with van der Waals surface area (Å²) in [6, 6.07) is 5.16. The fraction of sp³-hybridized carbons (Fsp3) is 0.500. The number of benzene rings is 1. The minimum Gasteiger partial charge on any atom is -0.331 e. The van der Waals surface area contributed by atoms with Gasteiger partial charge in [-0.05, 0) is 30.7 Å². The van der Waals surface area contributed by atoms with Crippen LogP contribution in [0.15, 0.2) is 23.1 Å². The average molecular weight is 293 g/mol. The lowest BCUT2D eigenvalue weighted by Gasteiger charge is -2.13. The molecule has 1 aliphatic rings. The van der Waals surface area contributed by atoms with Crippen molar-refractivity contribution < 1.29 is 8.42 Å². The van der Waals surface area contributed by atoms with Gasteiger partial charge in [0.15, 0.2) is 9.84 Å². The number of aryl methyl sites for hydroxylation is 1. The molecule has 0 saturated carbocycles. The van der Waals surface area contributed by atoms with E-state index in [0.29, 0.717) is 16.7 Å². The van der Waals surface area contributed by atoms with Gasteiger partial charge < -0.3 is 9.88 Å². The number of aromatic nitrogens is 2. The van der Waals surface area contributed by atoms with Crippen molar-refractivity contribution in [2.24, 2.45) is 13.0 Å². The summed E-state index contributed by atoms with van der Waals surface area (Å²) >= 11 is 0. The van der Waals surface area contributed by atoms with Crippen molar-refractivity contribution in [3.05, 3.63) is 24.0 Å². The Labute approximate surface area is 118 Å². The molecule has 1 fully saturated rings. The topological polar surface area (TPSA) is 64.0 Å². The molecule has 108 valence electrons. The number of sulfone groups is 1. The average Bonchev–Trinajstić information content (AvgIpc) is 2.92. The van der Waals surface area contributed by atoms with Gasteiger partial charge in [-0.25, -0.2) is 13.4 Å². The fourth-order valence-electron chi connectivity index (χ4n) is 2.92. The molecule has 0 radical (unpaired) electrons. The second-order valence-electron chi connectivity index (χ2n) is 5.69. The monoisotopic (exact) mass is 293 g/mol. The maximum atomic E-state index is 11.6. The largest absolute Gasteiger partial charge is 0.331 e. The highest BCUT2D eigenvalue weighted by Crippen LogP contribution is 2.29. The number of rotatable bonds is 2. The molecule has 0 aliphatic carbocycles. The first kappa shape index (κ1) is 13.6. The highest BCUT2D eigenvalue weighted by Gasteiger charge is 2.28. The Morgan fingerprint density at radius 3 is 2.70 bits per heavy atom. The van der Waals surface area contributed by atoms with E-state index in [4.69, 9.17) is 0 Å². The van der Waals surface area contributed by atoms with Gasteiger partial charge in [-0.3, -0.25) is 0 Å². The Kier molecular flexibility index (Phi) is 3.10. The molecule has 2 unspecified atom stereocenters. The molecule has 20 heavy (non-hydrogen) atoms. The molecular formula is C14H19N3O2S. The van der Waals surface area contributed by atoms with Gasteiger partial charge in [-0.15, -0.1) is 0 Å². The molecule has 0 bridgehead atoms. The van der Waals surface area contributed by atoms with Crippen LogP contribution in [0.5, 0.6) is 0 Å². The summed E-state index contributed by atoms with van der Waals surface area (Å²) in [6.45, 7) is 4.14. The zero-order chi connectivity index (χ0) is 14.5. The van der Waals surface area contributed by atoms with Crippen LogP contribution in [-0.2, 0) is 16.9 Å². The van der Waals surface area contributed by atoms with Crippen molar-refractivity contribution in [2.75, 3.05) is 19.3 Å². The smallest absolute Gasteiger partial charge is 0.175 e. The fourth-order valence-corrected chi connectivity index (χ4v) is 3.56. The van der Waals surface area contributed by atoms with E-state index >= 15 is 0 Å². The zero-order valence-corrected chi connectivity index (χ0v) is 12.7. The Morgan fingerprint density at radius 2 is 2.10 bits per heavy atom. The van der Waals surface area contributed by atoms with Gasteiger partial charge in [0.25, 0.3) is 0 Å². The van der Waals surface area contributed by atoms with Crippen LogP contribution in [0.1, 0.15) is 18.7 Å². The molecule has 1 aliphatic heterocycles. The first-order valence-corrected chi connectivity index (χ1v) is 8.64. The molecule has 0 amide bonds. The van der Waals surface area contributed by atoms with Gasteiger partial charge >= 0.3 is 0 Å². The third-order valence-electron chi connectivity index (χ3n) is 4.16. The maximum absolute atomic E-state index is 11.6. The first-order chi connectivity index (χ1) is 9.38. The van der Waals surface area contributed by atoms with E-state index in [9.17, 15) is 8.42 Å². The standard InChI is InChI=1S/C14H19N3O2S/c1-9-7-15-8-11(9)14-16-12-6-10(20(3,18)19)4-5-13(12)17(14)2/h4-6,9,11,15H,7-8H2,1-3H3. The molecule has 0 spiro atoms. The summed E-state index contributed by atoms with van der Waals surface area (Å²) in [7, 11) is -1.19. The molecule has 2 atom stereocenters. The van der Waals surface area contributed by atoms with Crippen LogP contribution in [0.2, 0.25) is 0 Å². The van der Waals surface area contributed by atoms with Gasteiger partial charge in [-0.2, -0.15) is 0 Å². The Morgan fingerprint density at radius 1 is 1.35 bits per heavy atom. The molecule has 1 N–H and O–H groups in total. The van der Waals surface area contributed by atoms with Crippen molar-refractivity contribution in [3.63, 3.8) is 0 Å². The lowest BCUT2D eigenvalue weighted by atomic mass is 9.97. The lowest BCUT2D eigenvalue weighted by Crippen LogP contribution is -2.13. The molecule has 1 aromatic carbocycles. The van der Waals surface area contributed by atoms with Crippen molar-refractivity contribution in [1.29, 1.82) is 0 Å². The van der Waals surface area contributed by atoms with Crippen molar-refractivity contribution in [2.45, 2.75) is 17.7 Å². The van der Waals surface area contributed by atoms with Crippen molar-refractivity contribution >= 4 is 20.9 Å². The summed E-state index contributed by atoms with van der Waals surface area (Å²) in [4.78, 5) is 5.00. The minimum absolute atomic E-state index is 0.326. The Hall–Kier alpha value is -1.40. The lowest BCUT2D eigenvalue weighted by molar-refractivity contribution is 0.533. The van der Waals surface area contributed by atoms with Gasteiger partial charge in [-0.1, -0.05) is 6.92 Å². The summed E-state index contributed by atoms with van der Waals surface area (Å²) in [6.07, 6.45) is 1.22. The Bertz CT molecular complexity index is 764. The van der Waals surface area contributed by atoms with Crippen molar-refractivity contribution in [3.8, 4) is 0 Å². The van der Waals surface area contributed by atoms with E-state index in [1.165, 1.54) is 6.26 Å². The second kappa shape index (κ2) is 4.56. The molecule has 2 heterocycles. The van der Waals surface area contributed by atoms with E-state index in [0.717, 1.165) is 29.9 Å². The molecule has 1 aromatic heterocycles. The van der Waals surface area contributed by atoms with Gasteiger partial charge in [0.1, 0.15) is 5.82 Å². The number of nitrogens with one attached hydrogen (secondary N) is 1. The highest BCUT2D eigenvalue weighted by atomic mass is 32.2. The summed E-state index contributed by atoms with van der Waals surface area (Å²) in [5, 5.41) is 3.38. The predicted molar refractivity (Wildman–Crippen MR) is 78.6 cm³/mol. The third kappa shape index (κ3) is 2.13. The molecular weight excluding hydrogens is 274 g/mol. The number of nitrogens with zero attached hydrogens (tertiary/aromatic N) is 2. The normalized spacial score (nSPS) is 23.6. The number of hydrogen-bond acceptors (Lipinski definition) is 4. The summed E-state index contributed by atoms with van der Waals surface area (Å²) in [5.74, 6) is 1.96. The quantitative estimate of drug-likeness (QED) is 0.906. The first-order valence-electron chi connectivity index (χ1n) is 6.75. The van der Waals surface area contributed by atoms with E-state index in [1.807, 2.05) is 13.1 Å². The van der Waals surface area contributed by atoms with Crippen LogP contribution in [0.3, 0.4) is 0 Å². The van der Waals surface area contributed by atoms with Gasteiger partial charge in [0.2, 0.25) is 0 Å². The van der Waals surface area contributed by atoms with Crippen LogP contribution < -0.4 is 5.32 Å². The molecule has 3 rings (SSSR count). The number of imidazole rings is 1. The SMILES string of the molecule is CC1CNCC1c1nc2cc(S(C)(=O)=O)ccc2n1C. The van der Waals surface area contributed by atoms with E-state index in [2.05, 4.69) is 21.8 Å². The second-order valence-corrected chi connectivity index (χ2v) is 7.71.